The fourth-order valence-electron chi connectivity index (χ4n) is 1.06. The molecule has 1 aromatic carbocycles. The first-order valence-corrected chi connectivity index (χ1v) is 5.91. The Labute approximate surface area is 83.0 Å². The summed E-state index contributed by atoms with van der Waals surface area (Å²) in [6.45, 7) is 0.328. The van der Waals surface area contributed by atoms with E-state index < -0.39 is 7.59 Å². The quantitative estimate of drug-likeness (QED) is 0.646. The van der Waals surface area contributed by atoms with Crippen LogP contribution in [-0.2, 0) is 11.1 Å². The molecule has 0 saturated carbocycles. The first-order valence-electron chi connectivity index (χ1n) is 4.07. The normalized spacial score (nSPS) is 11.4. The van der Waals surface area contributed by atoms with Gasteiger partial charge in [0.2, 0.25) is 0 Å². The van der Waals surface area contributed by atoms with Gasteiger partial charge in [-0.3, -0.25) is 15.6 Å². The van der Waals surface area contributed by atoms with Gasteiger partial charge in [0, 0.05) is 12.1 Å². The van der Waals surface area contributed by atoms with Gasteiger partial charge < -0.3 is 4.74 Å². The molecule has 0 unspecified atom stereocenters. The molecule has 0 saturated heterocycles. The van der Waals surface area contributed by atoms with Crippen molar-refractivity contribution in [3.63, 3.8) is 0 Å². The van der Waals surface area contributed by atoms with Crippen molar-refractivity contribution < 1.29 is 9.30 Å². The third-order valence-corrected chi connectivity index (χ3v) is 2.36. The van der Waals surface area contributed by atoms with E-state index in [4.69, 9.17) is 15.7 Å². The van der Waals surface area contributed by atoms with Crippen molar-refractivity contribution in [2.75, 3.05) is 7.11 Å². The molecule has 5 nitrogen and oxygen atoms in total. The molecule has 1 aromatic rings. The monoisotopic (exact) mass is 215 g/mol. The average molecular weight is 215 g/mol. The van der Waals surface area contributed by atoms with E-state index in [-0.39, 0.29) is 0 Å². The van der Waals surface area contributed by atoms with E-state index in [0.717, 1.165) is 5.56 Å². The molecular weight excluding hydrogens is 201 g/mol. The Bertz CT molecular complexity index is 350. The summed E-state index contributed by atoms with van der Waals surface area (Å²) in [7, 11) is -1.59. The summed E-state index contributed by atoms with van der Waals surface area (Å²) in [5, 5.41) is 2.54. The third-order valence-electron chi connectivity index (χ3n) is 1.71. The van der Waals surface area contributed by atoms with E-state index in [1.807, 2.05) is 24.3 Å². The molecule has 5 N–H and O–H groups in total. The number of ether oxygens (including phenoxy) is 1. The molecule has 14 heavy (non-hydrogen) atoms. The van der Waals surface area contributed by atoms with Crippen LogP contribution in [0, 0.1) is 0 Å². The van der Waals surface area contributed by atoms with Crippen molar-refractivity contribution in [3.05, 3.63) is 29.8 Å². The maximum absolute atomic E-state index is 11.0. The molecule has 6 heteroatoms. The van der Waals surface area contributed by atoms with Gasteiger partial charge >= 0.3 is 0 Å². The van der Waals surface area contributed by atoms with E-state index in [9.17, 15) is 4.57 Å². The molecule has 0 amide bonds. The van der Waals surface area contributed by atoms with Gasteiger partial charge in [0.05, 0.1) is 7.11 Å². The van der Waals surface area contributed by atoms with Crippen LogP contribution in [-0.4, -0.2) is 7.11 Å². The Kier molecular flexibility index (Phi) is 3.66. The molecule has 0 aliphatic carbocycles. The second-order valence-corrected chi connectivity index (χ2v) is 4.59. The van der Waals surface area contributed by atoms with Gasteiger partial charge in [-0.2, -0.15) is 0 Å². The third kappa shape index (κ3) is 3.47. The number of rotatable bonds is 4. The van der Waals surface area contributed by atoms with Crippen molar-refractivity contribution in [2.24, 2.45) is 11.0 Å². The van der Waals surface area contributed by atoms with Crippen LogP contribution >= 0.6 is 7.59 Å². The number of benzene rings is 1. The molecule has 0 aromatic heterocycles. The number of nitrogens with two attached hydrogens (primary N) is 2. The molecule has 0 heterocycles. The zero-order valence-corrected chi connectivity index (χ0v) is 8.83. The van der Waals surface area contributed by atoms with Crippen LogP contribution in [0.25, 0.3) is 0 Å². The highest BCUT2D eigenvalue weighted by atomic mass is 31.2. The van der Waals surface area contributed by atoms with Crippen molar-refractivity contribution in [1.82, 2.24) is 5.09 Å². The number of methoxy groups -OCH3 is 1. The summed E-state index contributed by atoms with van der Waals surface area (Å²) in [6, 6.07) is 7.38. The summed E-state index contributed by atoms with van der Waals surface area (Å²) in [4.78, 5) is 0. The second kappa shape index (κ2) is 4.57. The fourth-order valence-corrected chi connectivity index (χ4v) is 1.48. The van der Waals surface area contributed by atoms with Crippen LogP contribution in [0.1, 0.15) is 5.56 Å². The highest BCUT2D eigenvalue weighted by molar-refractivity contribution is 7.56. The summed E-state index contributed by atoms with van der Waals surface area (Å²) in [5.74, 6) is 0.716. The number of para-hydroxylation sites is 1. The van der Waals surface area contributed by atoms with Gasteiger partial charge in [-0.1, -0.05) is 18.2 Å². The van der Waals surface area contributed by atoms with E-state index in [2.05, 4.69) is 5.09 Å². The van der Waals surface area contributed by atoms with E-state index >= 15 is 0 Å². The van der Waals surface area contributed by atoms with Crippen LogP contribution in [0.3, 0.4) is 0 Å². The van der Waals surface area contributed by atoms with Crippen molar-refractivity contribution in [2.45, 2.75) is 6.54 Å². The minimum Gasteiger partial charge on any atom is -0.496 e. The van der Waals surface area contributed by atoms with Crippen LogP contribution in [0.2, 0.25) is 0 Å². The Hall–Kier alpha value is -0.870. The Balaban J connectivity index is 2.71. The first-order chi connectivity index (χ1) is 6.53. The lowest BCUT2D eigenvalue weighted by molar-refractivity contribution is 0.409. The molecule has 0 atom stereocenters. The number of hydrogen-bond donors (Lipinski definition) is 3. The summed E-state index contributed by atoms with van der Waals surface area (Å²) in [6.07, 6.45) is 0. The van der Waals surface area contributed by atoms with Crippen molar-refractivity contribution in [1.29, 1.82) is 0 Å². The molecule has 0 bridgehead atoms. The standard InChI is InChI=1S/C8H14N3O2P/c1-13-8-5-3-2-4-7(8)6-11-14(9,10)12/h2-5H,6H2,1H3,(H5,9,10,11,12). The van der Waals surface area contributed by atoms with Crippen LogP contribution < -0.4 is 20.8 Å². The molecule has 0 aliphatic heterocycles. The van der Waals surface area contributed by atoms with Crippen molar-refractivity contribution >= 4 is 7.59 Å². The number of hydrogen-bond acceptors (Lipinski definition) is 2. The smallest absolute Gasteiger partial charge is 0.274 e. The van der Waals surface area contributed by atoms with E-state index in [0.29, 0.717) is 12.3 Å². The van der Waals surface area contributed by atoms with Crippen LogP contribution in [0.4, 0.5) is 0 Å². The summed E-state index contributed by atoms with van der Waals surface area (Å²) >= 11 is 0. The topological polar surface area (TPSA) is 90.4 Å². The molecule has 0 spiro atoms. The Morgan fingerprint density at radius 3 is 2.64 bits per heavy atom. The maximum Gasteiger partial charge on any atom is 0.274 e. The minimum atomic E-state index is -3.17. The maximum atomic E-state index is 11.0. The van der Waals surface area contributed by atoms with Gasteiger partial charge in [-0.25, -0.2) is 5.09 Å². The van der Waals surface area contributed by atoms with Gasteiger partial charge in [0.25, 0.3) is 7.59 Å². The van der Waals surface area contributed by atoms with E-state index in [1.165, 1.54) is 0 Å². The van der Waals surface area contributed by atoms with E-state index in [1.54, 1.807) is 7.11 Å². The summed E-state index contributed by atoms with van der Waals surface area (Å²) in [5.41, 5.74) is 11.2. The predicted octanol–water partition coefficient (Wildman–Crippen LogP) is 0.810. The van der Waals surface area contributed by atoms with Crippen LogP contribution in [0.5, 0.6) is 5.75 Å². The zero-order chi connectivity index (χ0) is 10.6. The zero-order valence-electron chi connectivity index (χ0n) is 7.93. The number of nitrogens with one attached hydrogen (secondary N) is 1. The van der Waals surface area contributed by atoms with Gasteiger partial charge in [-0.15, -0.1) is 0 Å². The van der Waals surface area contributed by atoms with Gasteiger partial charge in [0.15, 0.2) is 0 Å². The summed E-state index contributed by atoms with van der Waals surface area (Å²) < 4.78 is 16.1. The second-order valence-electron chi connectivity index (χ2n) is 2.86. The molecule has 1 rings (SSSR count). The Morgan fingerprint density at radius 1 is 1.43 bits per heavy atom. The van der Waals surface area contributed by atoms with Gasteiger partial charge in [0.1, 0.15) is 5.75 Å². The van der Waals surface area contributed by atoms with Crippen molar-refractivity contribution in [3.8, 4) is 5.75 Å². The molecule has 78 valence electrons. The predicted molar refractivity (Wildman–Crippen MR) is 55.8 cm³/mol. The molecular formula is C8H14N3O2P. The minimum absolute atomic E-state index is 0.328. The Morgan fingerprint density at radius 2 is 2.07 bits per heavy atom. The molecule has 0 fully saturated rings. The molecule has 0 aliphatic rings. The lowest BCUT2D eigenvalue weighted by Crippen LogP contribution is -2.21. The highest BCUT2D eigenvalue weighted by Gasteiger charge is 2.08. The van der Waals surface area contributed by atoms with Crippen LogP contribution in [0.15, 0.2) is 24.3 Å². The SMILES string of the molecule is COc1ccccc1CNP(N)(N)=O. The lowest BCUT2D eigenvalue weighted by Gasteiger charge is -2.11. The highest BCUT2D eigenvalue weighted by Crippen LogP contribution is 2.22. The largest absolute Gasteiger partial charge is 0.496 e. The average Bonchev–Trinajstić information content (AvgIpc) is 2.14. The first kappa shape index (κ1) is 11.2. The fraction of sp³-hybridized carbons (Fsp3) is 0.250. The lowest BCUT2D eigenvalue weighted by atomic mass is 10.2. The molecule has 0 radical (unpaired) electrons. The van der Waals surface area contributed by atoms with Gasteiger partial charge in [-0.05, 0) is 6.07 Å².